The molecule has 2 aliphatic heterocycles. The van der Waals surface area contributed by atoms with Gasteiger partial charge in [-0.3, -0.25) is 15.1 Å². The molecule has 0 bridgehead atoms. The molecule has 1 amide bonds. The molecule has 0 fully saturated rings. The number of amidine groups is 1. The molecule has 1 atom stereocenters. The summed E-state index contributed by atoms with van der Waals surface area (Å²) < 4.78 is 11.2. The number of rotatable bonds is 6. The normalized spacial score (nSPS) is 16.6. The van der Waals surface area contributed by atoms with E-state index in [1.807, 2.05) is 67.6 Å². The van der Waals surface area contributed by atoms with Crippen LogP contribution in [0.3, 0.4) is 0 Å². The van der Waals surface area contributed by atoms with Crippen molar-refractivity contribution in [1.82, 2.24) is 10.3 Å². The first-order valence-corrected chi connectivity index (χ1v) is 12.0. The molecule has 7 nitrogen and oxygen atoms in total. The van der Waals surface area contributed by atoms with Gasteiger partial charge in [0.25, 0.3) is 5.91 Å². The highest BCUT2D eigenvalue weighted by atomic mass is 32.2. The Morgan fingerprint density at radius 3 is 2.62 bits per heavy atom. The van der Waals surface area contributed by atoms with Crippen LogP contribution >= 0.6 is 11.8 Å². The number of carbonyl (C=O) groups is 1. The number of nitrogens with zero attached hydrogens (tertiary/aromatic N) is 3. The minimum atomic E-state index is -0.520. The van der Waals surface area contributed by atoms with Crippen LogP contribution in [0.15, 0.2) is 82.9 Å². The van der Waals surface area contributed by atoms with Gasteiger partial charge in [-0.1, -0.05) is 66.4 Å². The van der Waals surface area contributed by atoms with Gasteiger partial charge in [0.2, 0.25) is 0 Å². The number of benzene rings is 3. The molecule has 0 aliphatic carbocycles. The minimum Gasteiger partial charge on any atom is -0.493 e. The number of fused-ring (bicyclic) bond motifs is 2. The molecule has 2 aliphatic rings. The molecule has 0 saturated heterocycles. The van der Waals surface area contributed by atoms with Crippen molar-refractivity contribution in [2.45, 2.75) is 18.8 Å². The summed E-state index contributed by atoms with van der Waals surface area (Å²) in [5.41, 5.74) is 2.48. The number of ether oxygens (including phenoxy) is 2. The van der Waals surface area contributed by atoms with E-state index in [0.717, 1.165) is 21.7 Å². The van der Waals surface area contributed by atoms with Gasteiger partial charge in [0.15, 0.2) is 22.8 Å². The molecule has 3 aromatic rings. The summed E-state index contributed by atoms with van der Waals surface area (Å²) in [6.07, 6.45) is -0.520. The predicted octanol–water partition coefficient (Wildman–Crippen LogP) is 3.17. The lowest BCUT2D eigenvalue weighted by Crippen LogP contribution is -2.50. The molecule has 8 heteroatoms. The molecule has 1 N–H and O–H groups in total. The van der Waals surface area contributed by atoms with Gasteiger partial charge >= 0.3 is 0 Å². The Morgan fingerprint density at radius 1 is 1.03 bits per heavy atom. The third-order valence-electron chi connectivity index (χ3n) is 5.52. The van der Waals surface area contributed by atoms with Crippen molar-refractivity contribution in [3.05, 3.63) is 94.5 Å². The largest absolute Gasteiger partial charge is 0.493 e. The van der Waals surface area contributed by atoms with Crippen LogP contribution in [0.5, 0.6) is 11.5 Å². The van der Waals surface area contributed by atoms with Crippen molar-refractivity contribution in [3.63, 3.8) is 0 Å². The summed E-state index contributed by atoms with van der Waals surface area (Å²) in [5, 5.41) is 11.5. The Morgan fingerprint density at radius 2 is 1.82 bits per heavy atom. The van der Waals surface area contributed by atoms with Crippen LogP contribution in [0, 0.1) is 0 Å². The number of thioether (sulfide) groups is 1. The zero-order valence-corrected chi connectivity index (χ0v) is 19.7. The maximum Gasteiger partial charge on any atom is 0.276 e. The van der Waals surface area contributed by atoms with E-state index in [-0.39, 0.29) is 5.91 Å². The number of hydrazone groups is 1. The lowest BCUT2D eigenvalue weighted by Gasteiger charge is -2.34. The number of carbonyl (C=O) groups excluding carboxylic acids is 1. The van der Waals surface area contributed by atoms with Crippen molar-refractivity contribution in [2.75, 3.05) is 13.7 Å². The van der Waals surface area contributed by atoms with E-state index in [1.54, 1.807) is 12.1 Å². The number of methoxy groups -OCH3 is 1. The van der Waals surface area contributed by atoms with E-state index in [2.05, 4.69) is 17.4 Å². The van der Waals surface area contributed by atoms with E-state index in [1.165, 1.54) is 11.8 Å². The van der Waals surface area contributed by atoms with Crippen LogP contribution in [0.1, 0.15) is 24.2 Å². The second kappa shape index (κ2) is 9.61. The fourth-order valence-corrected chi connectivity index (χ4v) is 4.76. The second-order valence-electron chi connectivity index (χ2n) is 7.69. The summed E-state index contributed by atoms with van der Waals surface area (Å²) in [6.45, 7) is 2.43. The molecule has 3 aromatic carbocycles. The maximum absolute atomic E-state index is 13.3. The molecular weight excluding hydrogens is 448 g/mol. The smallest absolute Gasteiger partial charge is 0.276 e. The molecule has 0 aromatic heterocycles. The van der Waals surface area contributed by atoms with Crippen LogP contribution in [0.2, 0.25) is 0 Å². The van der Waals surface area contributed by atoms with Gasteiger partial charge in [-0.25, -0.2) is 5.01 Å². The molecule has 172 valence electrons. The predicted molar refractivity (Wildman–Crippen MR) is 133 cm³/mol. The van der Waals surface area contributed by atoms with Crippen molar-refractivity contribution in [3.8, 4) is 11.5 Å². The Balaban J connectivity index is 1.58. The number of amides is 1. The minimum absolute atomic E-state index is 0.198. The topological polar surface area (TPSA) is 75.5 Å². The number of nitrogens with one attached hydrogen (secondary N) is 1. The second-order valence-corrected chi connectivity index (χ2v) is 8.65. The van der Waals surface area contributed by atoms with Gasteiger partial charge < -0.3 is 9.47 Å². The first-order valence-electron chi connectivity index (χ1n) is 11.0. The maximum atomic E-state index is 13.3. The van der Waals surface area contributed by atoms with Crippen molar-refractivity contribution in [1.29, 1.82) is 0 Å². The molecule has 5 rings (SSSR count). The standard InChI is InChI=1S/C26H24N4O3S/c1-3-33-22-15-18(13-14-21(22)32-2)24-27-20-12-8-7-11-19(20)23-25(31)28-26(29-30(23)24)34-16-17-9-5-4-6-10-17/h4-15,24H,3,16H2,1-2H3,(H,28,29,31). The Labute approximate surface area is 201 Å². The average molecular weight is 473 g/mol. The van der Waals surface area contributed by atoms with Gasteiger partial charge in [0.1, 0.15) is 5.70 Å². The number of para-hydroxylation sites is 1. The summed E-state index contributed by atoms with van der Waals surface area (Å²) in [6, 6.07) is 23.4. The number of hydrogen-bond donors (Lipinski definition) is 1. The van der Waals surface area contributed by atoms with Gasteiger partial charge in [-0.2, -0.15) is 0 Å². The van der Waals surface area contributed by atoms with E-state index in [4.69, 9.17) is 19.6 Å². The molecule has 1 unspecified atom stereocenters. The molecular formula is C26H24N4O3S. The Kier molecular flexibility index (Phi) is 6.22. The SMILES string of the molecule is CCOc1cc(C2N=c3ccccc3=C3C(=O)NC(SCc4ccccc4)=NN32)ccc1OC. The third kappa shape index (κ3) is 4.24. The average Bonchev–Trinajstić information content (AvgIpc) is 2.87. The van der Waals surface area contributed by atoms with E-state index in [9.17, 15) is 4.79 Å². The highest BCUT2D eigenvalue weighted by Crippen LogP contribution is 2.36. The Bertz CT molecular complexity index is 1370. The van der Waals surface area contributed by atoms with E-state index < -0.39 is 6.17 Å². The summed E-state index contributed by atoms with van der Waals surface area (Å²) >= 11 is 1.48. The molecule has 0 saturated carbocycles. The van der Waals surface area contributed by atoms with E-state index in [0.29, 0.717) is 34.7 Å². The van der Waals surface area contributed by atoms with Gasteiger partial charge in [-0.05, 0) is 30.7 Å². The summed E-state index contributed by atoms with van der Waals surface area (Å²) in [5.74, 6) is 1.77. The van der Waals surface area contributed by atoms with Crippen molar-refractivity contribution in [2.24, 2.45) is 10.1 Å². The third-order valence-corrected chi connectivity index (χ3v) is 6.45. The van der Waals surface area contributed by atoms with Crippen LogP contribution < -0.4 is 25.4 Å². The first kappa shape index (κ1) is 22.0. The van der Waals surface area contributed by atoms with Crippen LogP contribution in [0.4, 0.5) is 0 Å². The Hall–Kier alpha value is -3.78. The lowest BCUT2D eigenvalue weighted by molar-refractivity contribution is -0.116. The molecule has 2 heterocycles. The summed E-state index contributed by atoms with van der Waals surface area (Å²) in [7, 11) is 1.61. The molecule has 0 spiro atoms. The van der Waals surface area contributed by atoms with Crippen LogP contribution in [0.25, 0.3) is 5.70 Å². The fourth-order valence-electron chi connectivity index (χ4n) is 3.96. The van der Waals surface area contributed by atoms with Crippen LogP contribution in [-0.4, -0.2) is 29.8 Å². The first-order chi connectivity index (χ1) is 16.7. The molecule has 34 heavy (non-hydrogen) atoms. The lowest BCUT2D eigenvalue weighted by atomic mass is 10.1. The fraction of sp³-hybridized carbons (Fsp3) is 0.192. The van der Waals surface area contributed by atoms with Gasteiger partial charge in [-0.15, -0.1) is 5.10 Å². The quantitative estimate of drug-likeness (QED) is 0.597. The number of hydrogen-bond acceptors (Lipinski definition) is 7. The monoisotopic (exact) mass is 472 g/mol. The van der Waals surface area contributed by atoms with Crippen LogP contribution in [-0.2, 0) is 10.5 Å². The van der Waals surface area contributed by atoms with E-state index >= 15 is 0 Å². The molecule has 0 radical (unpaired) electrons. The zero-order chi connectivity index (χ0) is 23.5. The van der Waals surface area contributed by atoms with Crippen molar-refractivity contribution < 1.29 is 14.3 Å². The van der Waals surface area contributed by atoms with Crippen molar-refractivity contribution >= 4 is 28.5 Å². The van der Waals surface area contributed by atoms with Gasteiger partial charge in [0.05, 0.1) is 19.1 Å². The zero-order valence-electron chi connectivity index (χ0n) is 18.9. The highest BCUT2D eigenvalue weighted by Gasteiger charge is 2.34. The van der Waals surface area contributed by atoms with Gasteiger partial charge in [0, 0.05) is 16.5 Å². The highest BCUT2D eigenvalue weighted by molar-refractivity contribution is 8.13. The summed E-state index contributed by atoms with van der Waals surface area (Å²) in [4.78, 5) is 18.2.